The zero-order valence-corrected chi connectivity index (χ0v) is 14.7. The van der Waals surface area contributed by atoms with Gasteiger partial charge < -0.3 is 10.4 Å². The van der Waals surface area contributed by atoms with Crippen molar-refractivity contribution in [3.63, 3.8) is 0 Å². The number of nitrogens with zero attached hydrogens (tertiary/aromatic N) is 1. The van der Waals surface area contributed by atoms with Gasteiger partial charge in [0.15, 0.2) is 0 Å². The zero-order valence-electron chi connectivity index (χ0n) is 11.4. The topological polar surface area (TPSA) is 35.5 Å². The number of phenols is 1. The van der Waals surface area contributed by atoms with Gasteiger partial charge in [0.2, 0.25) is 0 Å². The first-order chi connectivity index (χ1) is 8.65. The van der Waals surface area contributed by atoms with Gasteiger partial charge in [-0.15, -0.1) is 31.4 Å². The van der Waals surface area contributed by atoms with Crippen molar-refractivity contribution in [2.75, 3.05) is 26.2 Å². The molecule has 1 aliphatic heterocycles. The molecule has 1 atom stereocenters. The molecule has 0 radical (unpaired) electrons. The molecule has 0 unspecified atom stereocenters. The number of halogens is 3. The highest BCUT2D eigenvalue weighted by Gasteiger charge is 2.24. The number of rotatable bonds is 3. The van der Waals surface area contributed by atoms with Crippen molar-refractivity contribution in [2.45, 2.75) is 13.0 Å². The molecular formula is C14H21BrCl2N2O. The lowest BCUT2D eigenvalue weighted by Crippen LogP contribution is -2.44. The van der Waals surface area contributed by atoms with Gasteiger partial charge in [-0.05, 0) is 18.6 Å². The van der Waals surface area contributed by atoms with Crippen molar-refractivity contribution < 1.29 is 5.11 Å². The number of aryl methyl sites for hydroxylation is 1. The van der Waals surface area contributed by atoms with E-state index in [-0.39, 0.29) is 30.9 Å². The van der Waals surface area contributed by atoms with Crippen LogP contribution in [0.4, 0.5) is 0 Å². The van der Waals surface area contributed by atoms with E-state index in [4.69, 9.17) is 0 Å². The molecule has 3 nitrogen and oxygen atoms in total. The van der Waals surface area contributed by atoms with Crippen LogP contribution in [0.25, 0.3) is 0 Å². The van der Waals surface area contributed by atoms with Gasteiger partial charge in [-0.1, -0.05) is 28.1 Å². The third-order valence-electron chi connectivity index (χ3n) is 3.43. The number of piperazine rings is 1. The summed E-state index contributed by atoms with van der Waals surface area (Å²) in [6.07, 6.45) is 1.91. The lowest BCUT2D eigenvalue weighted by molar-refractivity contribution is 0.200. The smallest absolute Gasteiger partial charge is 0.124 e. The van der Waals surface area contributed by atoms with Gasteiger partial charge in [0.25, 0.3) is 0 Å². The van der Waals surface area contributed by atoms with Crippen LogP contribution in [-0.2, 0) is 0 Å². The second kappa shape index (κ2) is 8.90. The molecule has 1 aliphatic rings. The lowest BCUT2D eigenvalue weighted by Gasteiger charge is -2.34. The van der Waals surface area contributed by atoms with E-state index in [0.717, 1.165) is 41.8 Å². The van der Waals surface area contributed by atoms with Crippen molar-refractivity contribution >= 4 is 40.7 Å². The van der Waals surface area contributed by atoms with Gasteiger partial charge in [-0.2, -0.15) is 0 Å². The first kappa shape index (κ1) is 19.7. The second-order valence-corrected chi connectivity index (χ2v) is 5.45. The molecule has 114 valence electrons. The molecular weight excluding hydrogens is 363 g/mol. The summed E-state index contributed by atoms with van der Waals surface area (Å²) in [7, 11) is 0. The first-order valence-electron chi connectivity index (χ1n) is 6.20. The molecule has 1 saturated heterocycles. The average molecular weight is 384 g/mol. The number of hydrogen-bond acceptors (Lipinski definition) is 3. The predicted molar refractivity (Wildman–Crippen MR) is 92.4 cm³/mol. The minimum atomic E-state index is 0. The van der Waals surface area contributed by atoms with Crippen molar-refractivity contribution in [1.82, 2.24) is 10.2 Å². The van der Waals surface area contributed by atoms with Crippen LogP contribution in [-0.4, -0.2) is 36.2 Å². The summed E-state index contributed by atoms with van der Waals surface area (Å²) in [5.41, 5.74) is 1.82. The monoisotopic (exact) mass is 382 g/mol. The Labute approximate surface area is 141 Å². The van der Waals surface area contributed by atoms with E-state index in [1.165, 1.54) is 0 Å². The van der Waals surface area contributed by atoms with Crippen molar-refractivity contribution in [3.8, 4) is 5.75 Å². The fourth-order valence-corrected chi connectivity index (χ4v) is 2.94. The Bertz CT molecular complexity index is 451. The maximum Gasteiger partial charge on any atom is 0.124 e. The van der Waals surface area contributed by atoms with Crippen LogP contribution < -0.4 is 5.32 Å². The van der Waals surface area contributed by atoms with E-state index in [9.17, 15) is 5.11 Å². The molecule has 0 saturated carbocycles. The molecule has 20 heavy (non-hydrogen) atoms. The summed E-state index contributed by atoms with van der Waals surface area (Å²) in [5.74, 6) is 0.368. The Morgan fingerprint density at radius 2 is 1.95 bits per heavy atom. The molecule has 0 aromatic heterocycles. The normalized spacial score (nSPS) is 16.7. The van der Waals surface area contributed by atoms with Gasteiger partial charge in [0, 0.05) is 36.2 Å². The number of benzene rings is 1. The van der Waals surface area contributed by atoms with Gasteiger partial charge in [-0.25, -0.2) is 0 Å². The van der Waals surface area contributed by atoms with Crippen molar-refractivity contribution in [2.24, 2.45) is 0 Å². The minimum Gasteiger partial charge on any atom is -0.507 e. The molecule has 0 amide bonds. The molecule has 6 heteroatoms. The fourth-order valence-electron chi connectivity index (χ4n) is 2.38. The van der Waals surface area contributed by atoms with Crippen molar-refractivity contribution in [3.05, 3.63) is 40.4 Å². The SMILES string of the molecule is C=C[C@@H](c1c(Br)ccc(C)c1O)N1CCNCC1.Cl.Cl. The molecule has 2 rings (SSSR count). The molecule has 0 spiro atoms. The fraction of sp³-hybridized carbons (Fsp3) is 0.429. The summed E-state index contributed by atoms with van der Waals surface area (Å²) < 4.78 is 0.939. The Morgan fingerprint density at radius 3 is 2.50 bits per heavy atom. The summed E-state index contributed by atoms with van der Waals surface area (Å²) in [6, 6.07) is 3.96. The highest BCUT2D eigenvalue weighted by Crippen LogP contribution is 2.37. The quantitative estimate of drug-likeness (QED) is 0.784. The van der Waals surface area contributed by atoms with E-state index in [1.54, 1.807) is 0 Å². The Kier molecular flexibility index (Phi) is 8.79. The number of nitrogens with one attached hydrogen (secondary N) is 1. The Morgan fingerprint density at radius 1 is 1.35 bits per heavy atom. The largest absolute Gasteiger partial charge is 0.507 e. The van der Waals surface area contributed by atoms with Crippen LogP contribution >= 0.6 is 40.7 Å². The predicted octanol–water partition coefficient (Wildman–Crippen LogP) is 3.44. The highest BCUT2D eigenvalue weighted by molar-refractivity contribution is 9.10. The van der Waals surface area contributed by atoms with E-state index < -0.39 is 0 Å². The summed E-state index contributed by atoms with van der Waals surface area (Å²) in [4.78, 5) is 2.34. The van der Waals surface area contributed by atoms with Gasteiger partial charge in [0.05, 0.1) is 6.04 Å². The summed E-state index contributed by atoms with van der Waals surface area (Å²) >= 11 is 3.54. The van der Waals surface area contributed by atoms with Crippen LogP contribution in [0.3, 0.4) is 0 Å². The standard InChI is InChI=1S/C14H19BrN2O.2ClH/c1-3-12(17-8-6-16-7-9-17)13-11(15)5-4-10(2)14(13)18;;/h3-5,12,16,18H,1,6-9H2,2H3;2*1H/t12-;;/m0../s1. The molecule has 1 aromatic rings. The zero-order chi connectivity index (χ0) is 13.1. The van der Waals surface area contributed by atoms with Gasteiger partial charge >= 0.3 is 0 Å². The van der Waals surface area contributed by atoms with Crippen LogP contribution in [0.5, 0.6) is 5.75 Å². The van der Waals surface area contributed by atoms with Crippen LogP contribution in [0.1, 0.15) is 17.2 Å². The molecule has 0 bridgehead atoms. The minimum absolute atomic E-state index is 0. The van der Waals surface area contributed by atoms with Crippen LogP contribution in [0.2, 0.25) is 0 Å². The molecule has 2 N–H and O–H groups in total. The third kappa shape index (κ3) is 4.12. The molecule has 1 aromatic carbocycles. The number of hydrogen-bond donors (Lipinski definition) is 2. The van der Waals surface area contributed by atoms with E-state index in [2.05, 4.69) is 32.7 Å². The maximum absolute atomic E-state index is 10.3. The molecule has 1 fully saturated rings. The van der Waals surface area contributed by atoms with E-state index in [1.807, 2.05) is 25.1 Å². The lowest BCUT2D eigenvalue weighted by atomic mass is 10.0. The van der Waals surface area contributed by atoms with Crippen LogP contribution in [0.15, 0.2) is 29.3 Å². The Balaban J connectivity index is 0.00000180. The summed E-state index contributed by atoms with van der Waals surface area (Å²) in [5, 5.41) is 13.6. The number of phenolic OH excluding ortho intramolecular Hbond substituents is 1. The maximum atomic E-state index is 10.3. The summed E-state index contributed by atoms with van der Waals surface area (Å²) in [6.45, 7) is 9.75. The van der Waals surface area contributed by atoms with Gasteiger partial charge in [0.1, 0.15) is 5.75 Å². The second-order valence-electron chi connectivity index (χ2n) is 4.59. The third-order valence-corrected chi connectivity index (χ3v) is 4.12. The Hall–Kier alpha value is -0.260. The van der Waals surface area contributed by atoms with Crippen molar-refractivity contribution in [1.29, 1.82) is 0 Å². The van der Waals surface area contributed by atoms with Gasteiger partial charge in [-0.3, -0.25) is 4.90 Å². The average Bonchev–Trinajstić information content (AvgIpc) is 2.40. The number of aromatic hydroxyl groups is 1. The van der Waals surface area contributed by atoms with E-state index in [0.29, 0.717) is 5.75 Å². The molecule has 0 aliphatic carbocycles. The highest BCUT2D eigenvalue weighted by atomic mass is 79.9. The molecule has 1 heterocycles. The first-order valence-corrected chi connectivity index (χ1v) is 6.99. The van der Waals surface area contributed by atoms with Crippen LogP contribution in [0, 0.1) is 6.92 Å². The van der Waals surface area contributed by atoms with E-state index >= 15 is 0 Å².